The number of hydrogen-bond donors (Lipinski definition) is 1. The lowest BCUT2D eigenvalue weighted by Gasteiger charge is -2.15. The Bertz CT molecular complexity index is 1060. The number of amides is 1. The monoisotopic (exact) mass is 415 g/mol. The van der Waals surface area contributed by atoms with Gasteiger partial charge in [0.05, 0.1) is 5.56 Å². The molecule has 0 aliphatic heterocycles. The summed E-state index contributed by atoms with van der Waals surface area (Å²) < 4.78 is 5.48. The Labute approximate surface area is 182 Å². The molecule has 0 saturated carbocycles. The number of ether oxygens (including phenoxy) is 1. The van der Waals surface area contributed by atoms with E-state index in [0.29, 0.717) is 23.2 Å². The molecule has 1 unspecified atom stereocenters. The molecular formula is C26H25NO4. The normalized spacial score (nSPS) is 11.4. The quantitative estimate of drug-likeness (QED) is 0.421. The molecule has 0 aliphatic carbocycles. The van der Waals surface area contributed by atoms with Crippen molar-refractivity contribution in [2.75, 3.05) is 5.32 Å². The lowest BCUT2D eigenvalue weighted by molar-refractivity contribution is -0.114. The topological polar surface area (TPSA) is 72.5 Å². The third kappa shape index (κ3) is 6.12. The molecule has 5 heteroatoms. The molecule has 0 saturated heterocycles. The second-order valence-corrected chi connectivity index (χ2v) is 7.31. The number of Topliss-reactive ketones (excluding diaryl/α,β-unsaturated/α-hetero) is 1. The molecule has 5 nitrogen and oxygen atoms in total. The maximum Gasteiger partial charge on any atom is 0.339 e. The number of carbonyl (C=O) groups excluding carboxylic acids is 3. The first-order valence-electron chi connectivity index (χ1n) is 10.2. The number of esters is 1. The summed E-state index contributed by atoms with van der Waals surface area (Å²) in [5, 5.41) is 2.65. The van der Waals surface area contributed by atoms with E-state index in [2.05, 4.69) is 17.4 Å². The third-order valence-electron chi connectivity index (χ3n) is 4.91. The van der Waals surface area contributed by atoms with E-state index in [4.69, 9.17) is 4.74 Å². The summed E-state index contributed by atoms with van der Waals surface area (Å²) in [4.78, 5) is 36.6. The number of benzene rings is 3. The van der Waals surface area contributed by atoms with E-state index in [1.807, 2.05) is 30.3 Å². The molecular weight excluding hydrogens is 390 g/mol. The first-order valence-corrected chi connectivity index (χ1v) is 10.2. The fourth-order valence-corrected chi connectivity index (χ4v) is 3.29. The van der Waals surface area contributed by atoms with Crippen molar-refractivity contribution in [2.45, 2.75) is 32.8 Å². The van der Waals surface area contributed by atoms with Crippen molar-refractivity contribution in [1.82, 2.24) is 0 Å². The molecule has 0 spiro atoms. The highest BCUT2D eigenvalue weighted by Gasteiger charge is 2.22. The number of anilines is 1. The minimum atomic E-state index is -0.929. The Kier molecular flexibility index (Phi) is 7.33. The zero-order valence-corrected chi connectivity index (χ0v) is 17.6. The van der Waals surface area contributed by atoms with Crippen molar-refractivity contribution in [3.8, 4) is 0 Å². The number of rotatable bonds is 8. The molecule has 158 valence electrons. The highest BCUT2D eigenvalue weighted by Crippen LogP contribution is 2.17. The van der Waals surface area contributed by atoms with Gasteiger partial charge in [0.15, 0.2) is 6.10 Å². The van der Waals surface area contributed by atoms with Crippen LogP contribution in [0.3, 0.4) is 0 Å². The number of hydrogen-bond acceptors (Lipinski definition) is 4. The molecule has 0 bridgehead atoms. The van der Waals surface area contributed by atoms with E-state index in [0.717, 1.165) is 12.0 Å². The molecule has 3 aromatic carbocycles. The van der Waals surface area contributed by atoms with Crippen molar-refractivity contribution in [1.29, 1.82) is 0 Å². The SMILES string of the molecule is CC(=O)Nc1ccc(C(=O)C(C)OC(=O)c2ccccc2CCc2ccccc2)cc1. The zero-order valence-electron chi connectivity index (χ0n) is 17.6. The standard InChI is InChI=1S/C26H25NO4/c1-18(25(29)22-14-16-23(17-15-22)27-19(2)28)31-26(30)24-11-7-6-10-21(24)13-12-20-8-4-3-5-9-20/h3-11,14-18H,12-13H2,1-2H3,(H,27,28). The van der Waals surface area contributed by atoms with Crippen LogP contribution in [-0.2, 0) is 22.4 Å². The largest absolute Gasteiger partial charge is 0.451 e. The van der Waals surface area contributed by atoms with Gasteiger partial charge >= 0.3 is 5.97 Å². The minimum Gasteiger partial charge on any atom is -0.451 e. The molecule has 1 amide bonds. The van der Waals surface area contributed by atoms with E-state index in [9.17, 15) is 14.4 Å². The molecule has 0 fully saturated rings. The van der Waals surface area contributed by atoms with Gasteiger partial charge in [0, 0.05) is 18.2 Å². The average Bonchev–Trinajstić information content (AvgIpc) is 2.78. The average molecular weight is 415 g/mol. The van der Waals surface area contributed by atoms with Crippen LogP contribution in [0.25, 0.3) is 0 Å². The number of carbonyl (C=O) groups is 3. The van der Waals surface area contributed by atoms with Gasteiger partial charge < -0.3 is 10.1 Å². The van der Waals surface area contributed by atoms with Gasteiger partial charge in [-0.05, 0) is 61.2 Å². The smallest absolute Gasteiger partial charge is 0.339 e. The lowest BCUT2D eigenvalue weighted by atomic mass is 10.00. The van der Waals surface area contributed by atoms with E-state index in [-0.39, 0.29) is 11.7 Å². The summed E-state index contributed by atoms with van der Waals surface area (Å²) in [5.41, 5.74) is 3.56. The van der Waals surface area contributed by atoms with Crippen LogP contribution in [0.4, 0.5) is 5.69 Å². The molecule has 3 aromatic rings. The summed E-state index contributed by atoms with van der Waals surface area (Å²) in [5.74, 6) is -1.00. The molecule has 0 aromatic heterocycles. The fraction of sp³-hybridized carbons (Fsp3) is 0.192. The predicted octanol–water partition coefficient (Wildman–Crippen LogP) is 4.86. The van der Waals surface area contributed by atoms with Crippen molar-refractivity contribution in [2.24, 2.45) is 0 Å². The molecule has 1 N–H and O–H groups in total. The predicted molar refractivity (Wildman–Crippen MR) is 120 cm³/mol. The van der Waals surface area contributed by atoms with Crippen molar-refractivity contribution in [3.05, 3.63) is 101 Å². The second kappa shape index (κ2) is 10.3. The van der Waals surface area contributed by atoms with Crippen molar-refractivity contribution >= 4 is 23.3 Å². The molecule has 1 atom stereocenters. The highest BCUT2D eigenvalue weighted by molar-refractivity contribution is 6.02. The minimum absolute atomic E-state index is 0.188. The molecule has 3 rings (SSSR count). The third-order valence-corrected chi connectivity index (χ3v) is 4.91. The van der Waals surface area contributed by atoms with Gasteiger partial charge in [0.2, 0.25) is 11.7 Å². The maximum atomic E-state index is 12.8. The van der Waals surface area contributed by atoms with Crippen LogP contribution in [0.15, 0.2) is 78.9 Å². The van der Waals surface area contributed by atoms with Crippen LogP contribution in [-0.4, -0.2) is 23.8 Å². The second-order valence-electron chi connectivity index (χ2n) is 7.31. The van der Waals surface area contributed by atoms with Crippen LogP contribution in [0.1, 0.15) is 45.7 Å². The van der Waals surface area contributed by atoms with Crippen molar-refractivity contribution < 1.29 is 19.1 Å². The van der Waals surface area contributed by atoms with Crippen LogP contribution in [0.5, 0.6) is 0 Å². The summed E-state index contributed by atoms with van der Waals surface area (Å²) in [6, 6.07) is 23.9. The van der Waals surface area contributed by atoms with Gasteiger partial charge in [-0.2, -0.15) is 0 Å². The molecule has 31 heavy (non-hydrogen) atoms. The van der Waals surface area contributed by atoms with Gasteiger partial charge in [0.25, 0.3) is 0 Å². The van der Waals surface area contributed by atoms with Crippen LogP contribution in [0.2, 0.25) is 0 Å². The Morgan fingerprint density at radius 3 is 2.16 bits per heavy atom. The van der Waals surface area contributed by atoms with E-state index in [1.165, 1.54) is 12.5 Å². The van der Waals surface area contributed by atoms with Crippen LogP contribution in [0, 0.1) is 0 Å². The van der Waals surface area contributed by atoms with Gasteiger partial charge in [0.1, 0.15) is 0 Å². The summed E-state index contributed by atoms with van der Waals surface area (Å²) in [7, 11) is 0. The van der Waals surface area contributed by atoms with Crippen LogP contribution < -0.4 is 5.32 Å². The highest BCUT2D eigenvalue weighted by atomic mass is 16.5. The van der Waals surface area contributed by atoms with E-state index < -0.39 is 12.1 Å². The summed E-state index contributed by atoms with van der Waals surface area (Å²) >= 11 is 0. The first-order chi connectivity index (χ1) is 14.9. The summed E-state index contributed by atoms with van der Waals surface area (Å²) in [6.45, 7) is 2.98. The van der Waals surface area contributed by atoms with Crippen LogP contribution >= 0.6 is 0 Å². The first kappa shape index (κ1) is 22.0. The summed E-state index contributed by atoms with van der Waals surface area (Å²) in [6.07, 6.45) is 0.573. The van der Waals surface area contributed by atoms with Gasteiger partial charge in [-0.1, -0.05) is 48.5 Å². The molecule has 0 heterocycles. The van der Waals surface area contributed by atoms with Gasteiger partial charge in [-0.25, -0.2) is 4.79 Å². The Morgan fingerprint density at radius 2 is 1.48 bits per heavy atom. The van der Waals surface area contributed by atoms with Gasteiger partial charge in [-0.3, -0.25) is 9.59 Å². The lowest BCUT2D eigenvalue weighted by Crippen LogP contribution is -2.25. The number of ketones is 1. The molecule has 0 aliphatic rings. The Morgan fingerprint density at radius 1 is 0.839 bits per heavy atom. The Hall–Kier alpha value is -3.73. The van der Waals surface area contributed by atoms with Crippen molar-refractivity contribution in [3.63, 3.8) is 0 Å². The fourth-order valence-electron chi connectivity index (χ4n) is 3.29. The Balaban J connectivity index is 1.65. The van der Waals surface area contributed by atoms with E-state index in [1.54, 1.807) is 43.3 Å². The number of nitrogens with one attached hydrogen (secondary N) is 1. The molecule has 0 radical (unpaired) electrons. The van der Waals surface area contributed by atoms with Gasteiger partial charge in [-0.15, -0.1) is 0 Å². The number of aryl methyl sites for hydroxylation is 2. The zero-order chi connectivity index (χ0) is 22.2. The van der Waals surface area contributed by atoms with E-state index >= 15 is 0 Å². The maximum absolute atomic E-state index is 12.8.